The summed E-state index contributed by atoms with van der Waals surface area (Å²) in [5, 5.41) is 2.64. The molecule has 2 aromatic rings. The van der Waals surface area contributed by atoms with Crippen LogP contribution in [0, 0.1) is 0 Å². The van der Waals surface area contributed by atoms with Gasteiger partial charge < -0.3 is 33.7 Å². The molecule has 0 aromatic heterocycles. The van der Waals surface area contributed by atoms with E-state index in [0.29, 0.717) is 47.6 Å². The summed E-state index contributed by atoms with van der Waals surface area (Å²) >= 11 is 0. The van der Waals surface area contributed by atoms with Crippen LogP contribution in [0.15, 0.2) is 30.3 Å². The van der Waals surface area contributed by atoms with Crippen LogP contribution in [0.3, 0.4) is 0 Å². The van der Waals surface area contributed by atoms with Crippen LogP contribution in [-0.2, 0) is 9.53 Å². The van der Waals surface area contributed by atoms with E-state index in [1.807, 2.05) is 6.92 Å². The van der Waals surface area contributed by atoms with Crippen molar-refractivity contribution in [2.24, 2.45) is 0 Å². The summed E-state index contributed by atoms with van der Waals surface area (Å²) in [7, 11) is 4.43. The number of methoxy groups -OCH3 is 3. The van der Waals surface area contributed by atoms with Gasteiger partial charge in [-0.3, -0.25) is 4.79 Å². The highest BCUT2D eigenvalue weighted by Crippen LogP contribution is 2.39. The molecule has 0 atom stereocenters. The van der Waals surface area contributed by atoms with Crippen molar-refractivity contribution in [3.05, 3.63) is 35.9 Å². The van der Waals surface area contributed by atoms with Gasteiger partial charge in [0.05, 0.1) is 40.1 Å². The van der Waals surface area contributed by atoms with Gasteiger partial charge in [0, 0.05) is 17.8 Å². The lowest BCUT2D eigenvalue weighted by atomic mass is 10.2. The number of rotatable bonds is 13. The van der Waals surface area contributed by atoms with Crippen LogP contribution in [0.2, 0.25) is 0 Å². The highest BCUT2D eigenvalue weighted by molar-refractivity contribution is 5.96. The Kier molecular flexibility index (Phi) is 10.1. The molecule has 1 amide bonds. The van der Waals surface area contributed by atoms with Gasteiger partial charge in [0.1, 0.15) is 0 Å². The van der Waals surface area contributed by atoms with Crippen molar-refractivity contribution in [3.63, 3.8) is 0 Å². The summed E-state index contributed by atoms with van der Waals surface area (Å²) in [6.07, 6.45) is 1.92. The molecule has 180 valence electrons. The average Bonchev–Trinajstić information content (AvgIpc) is 2.82. The quantitative estimate of drug-likeness (QED) is 0.352. The molecule has 0 unspecified atom stereocenters. The normalized spacial score (nSPS) is 10.2. The smallest absolute Gasteiger partial charge is 0.338 e. The summed E-state index contributed by atoms with van der Waals surface area (Å²) < 4.78 is 32.2. The monoisotopic (exact) mass is 461 g/mol. The Morgan fingerprint density at radius 2 is 1.55 bits per heavy atom. The number of carbonyl (C=O) groups is 2. The molecule has 9 heteroatoms. The number of hydrogen-bond donors (Lipinski definition) is 1. The third kappa shape index (κ3) is 7.20. The lowest BCUT2D eigenvalue weighted by Crippen LogP contribution is -2.21. The molecule has 0 spiro atoms. The first-order valence-electron chi connectivity index (χ1n) is 10.6. The summed E-state index contributed by atoms with van der Waals surface area (Å²) in [4.78, 5) is 24.8. The first-order valence-corrected chi connectivity index (χ1v) is 10.6. The maximum Gasteiger partial charge on any atom is 0.338 e. The Balaban J connectivity index is 2.02. The standard InChI is InChI=1S/C24H31NO8/c1-6-8-11-32-18-10-9-16(12-19(18)31-7-2)24(27)33-15-22(26)25-17-13-20(28-3)23(30-5)21(14-17)29-4/h9-10,12-14H,6-8,11,15H2,1-5H3,(H,25,26). The predicted molar refractivity (Wildman–Crippen MR) is 123 cm³/mol. The summed E-state index contributed by atoms with van der Waals surface area (Å²) in [5.74, 6) is 0.990. The number of ether oxygens (including phenoxy) is 6. The molecule has 0 heterocycles. The number of nitrogens with one attached hydrogen (secondary N) is 1. The lowest BCUT2D eigenvalue weighted by Gasteiger charge is -2.15. The molecule has 2 rings (SSSR count). The molecule has 0 aliphatic heterocycles. The minimum atomic E-state index is -0.656. The molecule has 0 bridgehead atoms. The van der Waals surface area contributed by atoms with Crippen LogP contribution >= 0.6 is 0 Å². The van der Waals surface area contributed by atoms with Crippen molar-refractivity contribution in [1.29, 1.82) is 0 Å². The second-order valence-electron chi connectivity index (χ2n) is 6.83. The van der Waals surface area contributed by atoms with Crippen molar-refractivity contribution in [2.45, 2.75) is 26.7 Å². The van der Waals surface area contributed by atoms with E-state index in [2.05, 4.69) is 12.2 Å². The highest BCUT2D eigenvalue weighted by atomic mass is 16.5. The molecule has 2 aromatic carbocycles. The van der Waals surface area contributed by atoms with E-state index in [-0.39, 0.29) is 5.56 Å². The molecular weight excluding hydrogens is 430 g/mol. The maximum atomic E-state index is 12.5. The first-order chi connectivity index (χ1) is 16.0. The summed E-state index contributed by atoms with van der Waals surface area (Å²) in [5.41, 5.74) is 0.652. The summed E-state index contributed by atoms with van der Waals surface area (Å²) in [6.45, 7) is 4.41. The molecule has 0 aliphatic carbocycles. The van der Waals surface area contributed by atoms with Gasteiger partial charge in [-0.05, 0) is 31.5 Å². The van der Waals surface area contributed by atoms with E-state index >= 15 is 0 Å². The zero-order chi connectivity index (χ0) is 24.2. The van der Waals surface area contributed by atoms with Gasteiger partial charge in [0.2, 0.25) is 5.75 Å². The Bertz CT molecular complexity index is 919. The SMILES string of the molecule is CCCCOc1ccc(C(=O)OCC(=O)Nc2cc(OC)c(OC)c(OC)c2)cc1OCC. The third-order valence-corrected chi connectivity index (χ3v) is 4.52. The van der Waals surface area contributed by atoms with E-state index in [1.165, 1.54) is 21.3 Å². The number of carbonyl (C=O) groups excluding carboxylic acids is 2. The molecule has 0 radical (unpaired) electrons. The van der Waals surface area contributed by atoms with Gasteiger partial charge in [0.15, 0.2) is 29.6 Å². The lowest BCUT2D eigenvalue weighted by molar-refractivity contribution is -0.119. The average molecular weight is 462 g/mol. The second kappa shape index (κ2) is 13.0. The fourth-order valence-corrected chi connectivity index (χ4v) is 2.91. The fraction of sp³-hybridized carbons (Fsp3) is 0.417. The molecule has 0 saturated heterocycles. The predicted octanol–water partition coefficient (Wildman–Crippen LogP) is 4.09. The third-order valence-electron chi connectivity index (χ3n) is 4.52. The topological polar surface area (TPSA) is 102 Å². The zero-order valence-electron chi connectivity index (χ0n) is 19.7. The first kappa shape index (κ1) is 25.6. The summed E-state index contributed by atoms with van der Waals surface area (Å²) in [6, 6.07) is 7.93. The molecule has 0 fully saturated rings. The number of anilines is 1. The number of unbranched alkanes of at least 4 members (excludes halogenated alkanes) is 1. The van der Waals surface area contributed by atoms with Gasteiger partial charge >= 0.3 is 5.97 Å². The molecule has 0 aliphatic rings. The molecule has 9 nitrogen and oxygen atoms in total. The van der Waals surface area contributed by atoms with E-state index in [4.69, 9.17) is 28.4 Å². The van der Waals surface area contributed by atoms with Gasteiger partial charge in [-0.15, -0.1) is 0 Å². The highest BCUT2D eigenvalue weighted by Gasteiger charge is 2.17. The fourth-order valence-electron chi connectivity index (χ4n) is 2.91. The zero-order valence-corrected chi connectivity index (χ0v) is 19.7. The Morgan fingerprint density at radius 1 is 0.848 bits per heavy atom. The van der Waals surface area contributed by atoms with E-state index in [0.717, 1.165) is 12.8 Å². The van der Waals surface area contributed by atoms with Gasteiger partial charge in [0.25, 0.3) is 5.91 Å². The molecule has 0 saturated carbocycles. The van der Waals surface area contributed by atoms with Gasteiger partial charge in [-0.1, -0.05) is 13.3 Å². The minimum absolute atomic E-state index is 0.252. The largest absolute Gasteiger partial charge is 0.493 e. The number of esters is 1. The number of benzene rings is 2. The van der Waals surface area contributed by atoms with Crippen LogP contribution in [0.1, 0.15) is 37.0 Å². The minimum Gasteiger partial charge on any atom is -0.493 e. The Labute approximate surface area is 193 Å². The van der Waals surface area contributed by atoms with Crippen molar-refractivity contribution in [2.75, 3.05) is 46.5 Å². The van der Waals surface area contributed by atoms with Crippen molar-refractivity contribution in [3.8, 4) is 28.7 Å². The number of hydrogen-bond acceptors (Lipinski definition) is 8. The van der Waals surface area contributed by atoms with E-state index < -0.39 is 18.5 Å². The van der Waals surface area contributed by atoms with Crippen LogP contribution in [-0.4, -0.2) is 53.0 Å². The van der Waals surface area contributed by atoms with Crippen molar-refractivity contribution < 1.29 is 38.0 Å². The molecule has 33 heavy (non-hydrogen) atoms. The van der Waals surface area contributed by atoms with Crippen molar-refractivity contribution >= 4 is 17.6 Å². The van der Waals surface area contributed by atoms with Crippen LogP contribution in [0.4, 0.5) is 5.69 Å². The molecular formula is C24H31NO8. The van der Waals surface area contributed by atoms with Crippen LogP contribution in [0.25, 0.3) is 0 Å². The molecule has 1 N–H and O–H groups in total. The van der Waals surface area contributed by atoms with Gasteiger partial charge in [-0.2, -0.15) is 0 Å². The van der Waals surface area contributed by atoms with Crippen LogP contribution in [0.5, 0.6) is 28.7 Å². The van der Waals surface area contributed by atoms with Crippen molar-refractivity contribution in [1.82, 2.24) is 0 Å². The van der Waals surface area contributed by atoms with E-state index in [1.54, 1.807) is 30.3 Å². The van der Waals surface area contributed by atoms with E-state index in [9.17, 15) is 9.59 Å². The van der Waals surface area contributed by atoms with Gasteiger partial charge in [-0.25, -0.2) is 4.79 Å². The number of amides is 1. The Morgan fingerprint density at radius 3 is 2.12 bits per heavy atom. The maximum absolute atomic E-state index is 12.5. The second-order valence-corrected chi connectivity index (χ2v) is 6.83. The Hall–Kier alpha value is -3.62. The van der Waals surface area contributed by atoms with Crippen LogP contribution < -0.4 is 29.0 Å².